The second-order valence-corrected chi connectivity index (χ2v) is 10.1. The number of benzene rings is 2. The molecule has 8 nitrogen and oxygen atoms in total. The summed E-state index contributed by atoms with van der Waals surface area (Å²) in [6, 6.07) is 13.0. The second kappa shape index (κ2) is 10.7. The van der Waals surface area contributed by atoms with Gasteiger partial charge in [-0.3, -0.25) is 4.79 Å². The molecule has 0 radical (unpaired) electrons. The van der Waals surface area contributed by atoms with Crippen LogP contribution in [0.1, 0.15) is 50.4 Å². The van der Waals surface area contributed by atoms with E-state index in [0.29, 0.717) is 24.5 Å². The van der Waals surface area contributed by atoms with Crippen LogP contribution in [0.25, 0.3) is 0 Å². The van der Waals surface area contributed by atoms with Gasteiger partial charge >= 0.3 is 0 Å². The van der Waals surface area contributed by atoms with Gasteiger partial charge in [-0.05, 0) is 76.1 Å². The third-order valence-corrected chi connectivity index (χ3v) is 7.01. The molecule has 1 heterocycles. The summed E-state index contributed by atoms with van der Waals surface area (Å²) in [5.74, 6) is 0.270. The average Bonchev–Trinajstić information content (AvgIpc) is 2.80. The molecule has 1 atom stereocenters. The molecule has 9 heteroatoms. The Morgan fingerprint density at radius 2 is 1.70 bits per heavy atom. The van der Waals surface area contributed by atoms with Gasteiger partial charge in [0.15, 0.2) is 6.10 Å². The molecule has 3 rings (SSSR count). The van der Waals surface area contributed by atoms with Crippen molar-refractivity contribution in [1.29, 1.82) is 5.26 Å². The molecule has 1 saturated heterocycles. The molecule has 33 heavy (non-hydrogen) atoms. The minimum atomic E-state index is -3.74. The number of anilines is 1. The van der Waals surface area contributed by atoms with Crippen molar-refractivity contribution in [3.63, 3.8) is 0 Å². The molecule has 2 aromatic rings. The predicted octanol–water partition coefficient (Wildman–Crippen LogP) is 4.19. The van der Waals surface area contributed by atoms with Gasteiger partial charge in [-0.2, -0.15) is 9.57 Å². The number of ether oxygens (including phenoxy) is 2. The van der Waals surface area contributed by atoms with E-state index in [0.717, 1.165) is 19.3 Å². The number of nitriles is 1. The van der Waals surface area contributed by atoms with Crippen molar-refractivity contribution in [3.8, 4) is 17.6 Å². The molecule has 1 fully saturated rings. The van der Waals surface area contributed by atoms with Crippen LogP contribution >= 0.6 is 0 Å². The molecule has 0 aromatic heterocycles. The minimum absolute atomic E-state index is 0.0205. The van der Waals surface area contributed by atoms with Crippen LogP contribution in [0.15, 0.2) is 47.4 Å². The third-order valence-electron chi connectivity index (χ3n) is 5.12. The molecule has 1 N–H and O–H groups in total. The highest BCUT2D eigenvalue weighted by Crippen LogP contribution is 2.28. The average molecular weight is 472 g/mol. The van der Waals surface area contributed by atoms with Gasteiger partial charge in [0.05, 0.1) is 16.6 Å². The number of nitrogens with one attached hydrogen (secondary N) is 1. The van der Waals surface area contributed by atoms with Gasteiger partial charge in [0.1, 0.15) is 17.6 Å². The molecule has 1 amide bonds. The molecule has 0 spiro atoms. The lowest BCUT2D eigenvalue weighted by Crippen LogP contribution is -2.35. The lowest BCUT2D eigenvalue weighted by Gasteiger charge is -2.26. The molecule has 1 unspecified atom stereocenters. The monoisotopic (exact) mass is 471 g/mol. The first-order valence-corrected chi connectivity index (χ1v) is 12.4. The first kappa shape index (κ1) is 24.6. The normalized spacial score (nSPS) is 15.5. The second-order valence-electron chi connectivity index (χ2n) is 8.16. The number of rotatable bonds is 8. The van der Waals surface area contributed by atoms with E-state index >= 15 is 0 Å². The number of carbonyl (C=O) groups excluding carboxylic acids is 1. The lowest BCUT2D eigenvalue weighted by molar-refractivity contribution is 0.102. The SMILES string of the molecule is CC(C)Oc1ccc(NC(=O)c2cc(S(=O)(=O)N3CCCCC3)ccc2OC(C)C#N)cc1. The highest BCUT2D eigenvalue weighted by atomic mass is 32.2. The van der Waals surface area contributed by atoms with Gasteiger partial charge < -0.3 is 14.8 Å². The number of nitrogens with zero attached hydrogens (tertiary/aromatic N) is 2. The van der Waals surface area contributed by atoms with Gasteiger partial charge in [0, 0.05) is 18.8 Å². The Hall–Kier alpha value is -3.09. The molecule has 2 aromatic carbocycles. The first-order chi connectivity index (χ1) is 15.7. The number of piperidine rings is 1. The van der Waals surface area contributed by atoms with Gasteiger partial charge in [-0.15, -0.1) is 0 Å². The van der Waals surface area contributed by atoms with Crippen LogP contribution in [-0.2, 0) is 10.0 Å². The molecule has 0 saturated carbocycles. The fourth-order valence-corrected chi connectivity index (χ4v) is 5.05. The Balaban J connectivity index is 1.90. The van der Waals surface area contributed by atoms with E-state index in [1.807, 2.05) is 19.9 Å². The Morgan fingerprint density at radius 3 is 2.30 bits per heavy atom. The summed E-state index contributed by atoms with van der Waals surface area (Å²) >= 11 is 0. The number of sulfonamides is 1. The van der Waals surface area contributed by atoms with E-state index in [2.05, 4.69) is 5.32 Å². The summed E-state index contributed by atoms with van der Waals surface area (Å²) in [6.07, 6.45) is 1.83. The fourth-order valence-electron chi connectivity index (χ4n) is 3.51. The smallest absolute Gasteiger partial charge is 0.259 e. The van der Waals surface area contributed by atoms with E-state index in [4.69, 9.17) is 14.7 Å². The quantitative estimate of drug-likeness (QED) is 0.618. The third kappa shape index (κ3) is 6.24. The number of amides is 1. The van der Waals surface area contributed by atoms with Crippen LogP contribution < -0.4 is 14.8 Å². The Morgan fingerprint density at radius 1 is 1.03 bits per heavy atom. The van der Waals surface area contributed by atoms with E-state index in [9.17, 15) is 13.2 Å². The van der Waals surface area contributed by atoms with Crippen LogP contribution in [-0.4, -0.2) is 43.9 Å². The van der Waals surface area contributed by atoms with E-state index in [-0.39, 0.29) is 22.3 Å². The molecule has 1 aliphatic rings. The van der Waals surface area contributed by atoms with Crippen LogP contribution in [0, 0.1) is 11.3 Å². The standard InChI is InChI=1S/C24H29N3O5S/c1-17(2)31-20-9-7-19(8-10-20)26-24(28)22-15-21(11-12-23(22)32-18(3)16-25)33(29,30)27-13-5-4-6-14-27/h7-12,15,17-18H,4-6,13-14H2,1-3H3,(H,26,28). The van der Waals surface area contributed by atoms with Crippen molar-refractivity contribution in [2.45, 2.75) is 57.1 Å². The summed E-state index contributed by atoms with van der Waals surface area (Å²) < 4.78 is 38.9. The molecule has 176 valence electrons. The zero-order valence-corrected chi connectivity index (χ0v) is 19.9. The van der Waals surface area contributed by atoms with E-state index < -0.39 is 22.0 Å². The summed E-state index contributed by atoms with van der Waals surface area (Å²) in [5, 5.41) is 11.9. The maximum Gasteiger partial charge on any atom is 0.259 e. The maximum atomic E-state index is 13.1. The van der Waals surface area contributed by atoms with Crippen LogP contribution in [0.2, 0.25) is 0 Å². The van der Waals surface area contributed by atoms with Crippen molar-refractivity contribution in [2.75, 3.05) is 18.4 Å². The Labute approximate surface area is 195 Å². The van der Waals surface area contributed by atoms with Crippen molar-refractivity contribution in [1.82, 2.24) is 4.31 Å². The van der Waals surface area contributed by atoms with Crippen molar-refractivity contribution < 1.29 is 22.7 Å². The van der Waals surface area contributed by atoms with Gasteiger partial charge in [-0.25, -0.2) is 8.42 Å². The number of hydrogen-bond donors (Lipinski definition) is 1. The molecular formula is C24H29N3O5S. The van der Waals surface area contributed by atoms with Gasteiger partial charge in [0.2, 0.25) is 10.0 Å². The molecule has 1 aliphatic heterocycles. The fraction of sp³-hybridized carbons (Fsp3) is 0.417. The summed E-state index contributed by atoms with van der Waals surface area (Å²) in [7, 11) is -3.74. The summed E-state index contributed by atoms with van der Waals surface area (Å²) in [6.45, 7) is 6.30. The number of hydrogen-bond acceptors (Lipinski definition) is 6. The highest BCUT2D eigenvalue weighted by molar-refractivity contribution is 7.89. The molecular weight excluding hydrogens is 442 g/mol. The first-order valence-electron chi connectivity index (χ1n) is 11.0. The summed E-state index contributed by atoms with van der Waals surface area (Å²) in [4.78, 5) is 13.1. The molecule has 0 aliphatic carbocycles. The van der Waals surface area contributed by atoms with Gasteiger partial charge in [0.25, 0.3) is 5.91 Å². The van der Waals surface area contributed by atoms with Crippen molar-refractivity contribution in [3.05, 3.63) is 48.0 Å². The Bertz CT molecular complexity index is 1120. The highest BCUT2D eigenvalue weighted by Gasteiger charge is 2.28. The predicted molar refractivity (Wildman–Crippen MR) is 125 cm³/mol. The van der Waals surface area contributed by atoms with E-state index in [1.165, 1.54) is 22.5 Å². The Kier molecular flexibility index (Phi) is 7.95. The minimum Gasteiger partial charge on any atom is -0.491 e. The maximum absolute atomic E-state index is 13.1. The topological polar surface area (TPSA) is 109 Å². The van der Waals surface area contributed by atoms with Crippen LogP contribution in [0.5, 0.6) is 11.5 Å². The molecule has 0 bridgehead atoms. The number of carbonyl (C=O) groups is 1. The zero-order chi connectivity index (χ0) is 24.0. The van der Waals surface area contributed by atoms with Crippen LogP contribution in [0.4, 0.5) is 5.69 Å². The zero-order valence-electron chi connectivity index (χ0n) is 19.1. The van der Waals surface area contributed by atoms with Crippen molar-refractivity contribution >= 4 is 21.6 Å². The van der Waals surface area contributed by atoms with Crippen molar-refractivity contribution in [2.24, 2.45) is 0 Å². The van der Waals surface area contributed by atoms with Gasteiger partial charge in [-0.1, -0.05) is 6.42 Å². The lowest BCUT2D eigenvalue weighted by atomic mass is 10.1. The largest absolute Gasteiger partial charge is 0.491 e. The summed E-state index contributed by atoms with van der Waals surface area (Å²) in [5.41, 5.74) is 0.553. The van der Waals surface area contributed by atoms with Crippen LogP contribution in [0.3, 0.4) is 0 Å². The van der Waals surface area contributed by atoms with E-state index in [1.54, 1.807) is 31.2 Å².